The molecule has 0 radical (unpaired) electrons. The van der Waals surface area contributed by atoms with E-state index in [0.717, 1.165) is 62.4 Å². The Morgan fingerprint density at radius 1 is 1.00 bits per heavy atom. The van der Waals surface area contributed by atoms with E-state index in [9.17, 15) is 0 Å². The molecule has 4 fully saturated rings. The lowest BCUT2D eigenvalue weighted by Crippen LogP contribution is -2.50. The summed E-state index contributed by atoms with van der Waals surface area (Å²) in [6, 6.07) is 0.728. The average Bonchev–Trinajstić information content (AvgIpc) is 3.08. The van der Waals surface area contributed by atoms with Crippen LogP contribution < -0.4 is 5.32 Å². The third-order valence-corrected chi connectivity index (χ3v) is 6.56. The van der Waals surface area contributed by atoms with Gasteiger partial charge in [0.25, 0.3) is 0 Å². The standard InChI is InChI=1S/C17H29NO2/c1-18-16(15-9-13-8-14(13)10-15)12-2-5-20-17(11-12)3-6-19-7-4-17/h12-16,18H,2-11H2,1H3. The van der Waals surface area contributed by atoms with E-state index in [1.165, 1.54) is 32.1 Å². The van der Waals surface area contributed by atoms with Gasteiger partial charge < -0.3 is 14.8 Å². The number of hydrogen-bond acceptors (Lipinski definition) is 3. The molecule has 2 heterocycles. The maximum Gasteiger partial charge on any atom is 0.0729 e. The molecule has 3 nitrogen and oxygen atoms in total. The summed E-state index contributed by atoms with van der Waals surface area (Å²) in [6.07, 6.45) is 9.23. The first-order valence-corrected chi connectivity index (χ1v) is 8.69. The molecule has 2 saturated carbocycles. The average molecular weight is 279 g/mol. The molecule has 4 unspecified atom stereocenters. The molecule has 4 atom stereocenters. The van der Waals surface area contributed by atoms with Crippen LogP contribution in [0.5, 0.6) is 0 Å². The van der Waals surface area contributed by atoms with Gasteiger partial charge in [0, 0.05) is 25.9 Å². The Bertz CT molecular complexity index is 337. The highest BCUT2D eigenvalue weighted by molar-refractivity contribution is 5.02. The van der Waals surface area contributed by atoms with Crippen LogP contribution in [0.15, 0.2) is 0 Å². The quantitative estimate of drug-likeness (QED) is 0.861. The van der Waals surface area contributed by atoms with Gasteiger partial charge >= 0.3 is 0 Å². The van der Waals surface area contributed by atoms with Crippen molar-refractivity contribution in [2.75, 3.05) is 26.9 Å². The van der Waals surface area contributed by atoms with Crippen LogP contribution in [0.4, 0.5) is 0 Å². The fourth-order valence-electron chi connectivity index (χ4n) is 5.38. The molecule has 2 saturated heterocycles. The van der Waals surface area contributed by atoms with Crippen LogP contribution in [-0.4, -0.2) is 38.5 Å². The summed E-state index contributed by atoms with van der Waals surface area (Å²) in [5.74, 6) is 3.93. The Labute approximate surface area is 122 Å². The fraction of sp³-hybridized carbons (Fsp3) is 1.00. The van der Waals surface area contributed by atoms with Crippen molar-refractivity contribution in [3.8, 4) is 0 Å². The molecule has 2 aliphatic heterocycles. The van der Waals surface area contributed by atoms with E-state index in [0.29, 0.717) is 0 Å². The van der Waals surface area contributed by atoms with Crippen LogP contribution in [0.1, 0.15) is 44.9 Å². The van der Waals surface area contributed by atoms with Crippen LogP contribution in [0.2, 0.25) is 0 Å². The lowest BCUT2D eigenvalue weighted by Gasteiger charge is -2.46. The van der Waals surface area contributed by atoms with Crippen molar-refractivity contribution in [3.05, 3.63) is 0 Å². The highest BCUT2D eigenvalue weighted by atomic mass is 16.5. The maximum atomic E-state index is 6.22. The van der Waals surface area contributed by atoms with Gasteiger partial charge in [-0.05, 0) is 75.7 Å². The highest BCUT2D eigenvalue weighted by Gasteiger charge is 2.50. The Balaban J connectivity index is 1.43. The topological polar surface area (TPSA) is 30.5 Å². The Hall–Kier alpha value is -0.120. The van der Waals surface area contributed by atoms with E-state index in [2.05, 4.69) is 12.4 Å². The number of fused-ring (bicyclic) bond motifs is 1. The molecule has 4 rings (SSSR count). The highest BCUT2D eigenvalue weighted by Crippen LogP contribution is 2.56. The van der Waals surface area contributed by atoms with Crippen molar-refractivity contribution in [1.29, 1.82) is 0 Å². The van der Waals surface area contributed by atoms with E-state index >= 15 is 0 Å². The number of hydrogen-bond donors (Lipinski definition) is 1. The summed E-state index contributed by atoms with van der Waals surface area (Å²) in [5, 5.41) is 3.69. The molecule has 0 aromatic heterocycles. The van der Waals surface area contributed by atoms with Crippen LogP contribution in [0.3, 0.4) is 0 Å². The van der Waals surface area contributed by atoms with E-state index in [4.69, 9.17) is 9.47 Å². The molecule has 1 N–H and O–H groups in total. The first-order chi connectivity index (χ1) is 9.80. The molecular formula is C17H29NO2. The Morgan fingerprint density at radius 3 is 2.45 bits per heavy atom. The van der Waals surface area contributed by atoms with Crippen molar-refractivity contribution in [1.82, 2.24) is 5.32 Å². The summed E-state index contributed by atoms with van der Waals surface area (Å²) in [5.41, 5.74) is 0.151. The molecule has 4 aliphatic rings. The Morgan fingerprint density at radius 2 is 1.75 bits per heavy atom. The zero-order chi connectivity index (χ0) is 13.6. The monoisotopic (exact) mass is 279 g/mol. The van der Waals surface area contributed by atoms with Gasteiger partial charge in [0.15, 0.2) is 0 Å². The summed E-state index contributed by atoms with van der Waals surface area (Å²) >= 11 is 0. The summed E-state index contributed by atoms with van der Waals surface area (Å²) < 4.78 is 11.8. The predicted octanol–water partition coefficient (Wildman–Crippen LogP) is 2.60. The molecule has 3 heteroatoms. The van der Waals surface area contributed by atoms with E-state index in [1.54, 1.807) is 0 Å². The van der Waals surface area contributed by atoms with E-state index in [1.807, 2.05) is 0 Å². The van der Waals surface area contributed by atoms with Gasteiger partial charge in [-0.3, -0.25) is 0 Å². The molecule has 114 valence electrons. The van der Waals surface area contributed by atoms with E-state index in [-0.39, 0.29) is 5.60 Å². The van der Waals surface area contributed by atoms with Gasteiger partial charge in [-0.2, -0.15) is 0 Å². The van der Waals surface area contributed by atoms with Crippen LogP contribution in [0.25, 0.3) is 0 Å². The number of ether oxygens (including phenoxy) is 2. The number of rotatable bonds is 3. The largest absolute Gasteiger partial charge is 0.381 e. The molecule has 1 spiro atoms. The minimum absolute atomic E-state index is 0.151. The zero-order valence-electron chi connectivity index (χ0n) is 12.8. The summed E-state index contributed by atoms with van der Waals surface area (Å²) in [7, 11) is 2.18. The van der Waals surface area contributed by atoms with Crippen molar-refractivity contribution in [3.63, 3.8) is 0 Å². The van der Waals surface area contributed by atoms with Crippen LogP contribution in [-0.2, 0) is 9.47 Å². The summed E-state index contributed by atoms with van der Waals surface area (Å²) in [4.78, 5) is 0. The van der Waals surface area contributed by atoms with Crippen LogP contribution in [0, 0.1) is 23.7 Å². The Kier molecular flexibility index (Phi) is 3.56. The third kappa shape index (κ3) is 2.42. The third-order valence-electron chi connectivity index (χ3n) is 6.56. The fourth-order valence-corrected chi connectivity index (χ4v) is 5.38. The first-order valence-electron chi connectivity index (χ1n) is 8.69. The molecule has 0 amide bonds. The zero-order valence-corrected chi connectivity index (χ0v) is 12.8. The molecule has 2 aliphatic carbocycles. The predicted molar refractivity (Wildman–Crippen MR) is 78.6 cm³/mol. The van der Waals surface area contributed by atoms with Gasteiger partial charge in [0.05, 0.1) is 5.60 Å². The van der Waals surface area contributed by atoms with Gasteiger partial charge in [0.2, 0.25) is 0 Å². The van der Waals surface area contributed by atoms with Gasteiger partial charge in [0.1, 0.15) is 0 Å². The first kappa shape index (κ1) is 13.5. The van der Waals surface area contributed by atoms with Gasteiger partial charge in [-0.1, -0.05) is 0 Å². The minimum atomic E-state index is 0.151. The SMILES string of the molecule is CNC(C1CC2CC2C1)C1CCOC2(CCOCC2)C1. The minimum Gasteiger partial charge on any atom is -0.381 e. The molecule has 0 bridgehead atoms. The maximum absolute atomic E-state index is 6.22. The molecule has 20 heavy (non-hydrogen) atoms. The van der Waals surface area contributed by atoms with Gasteiger partial charge in [-0.25, -0.2) is 0 Å². The second-order valence-electron chi connectivity index (χ2n) is 7.70. The smallest absolute Gasteiger partial charge is 0.0729 e. The molecular weight excluding hydrogens is 250 g/mol. The second kappa shape index (κ2) is 5.26. The molecule has 0 aromatic carbocycles. The van der Waals surface area contributed by atoms with Crippen LogP contribution >= 0.6 is 0 Å². The van der Waals surface area contributed by atoms with Crippen molar-refractivity contribution in [2.45, 2.75) is 56.6 Å². The van der Waals surface area contributed by atoms with E-state index < -0.39 is 0 Å². The lowest BCUT2D eigenvalue weighted by atomic mass is 9.74. The number of nitrogens with one attached hydrogen (secondary N) is 1. The normalized spacial score (nSPS) is 44.2. The van der Waals surface area contributed by atoms with Crippen molar-refractivity contribution >= 4 is 0 Å². The van der Waals surface area contributed by atoms with Crippen molar-refractivity contribution in [2.24, 2.45) is 23.7 Å². The van der Waals surface area contributed by atoms with Gasteiger partial charge in [-0.15, -0.1) is 0 Å². The molecule has 0 aromatic rings. The lowest BCUT2D eigenvalue weighted by molar-refractivity contribution is -0.151. The summed E-state index contributed by atoms with van der Waals surface area (Å²) in [6.45, 7) is 2.75. The van der Waals surface area contributed by atoms with Crippen molar-refractivity contribution < 1.29 is 9.47 Å². The second-order valence-corrected chi connectivity index (χ2v) is 7.70.